The lowest BCUT2D eigenvalue weighted by Gasteiger charge is -2.15. The smallest absolute Gasteiger partial charge is 0.190 e. The second-order valence-electron chi connectivity index (χ2n) is 6.70. The van der Waals surface area contributed by atoms with E-state index in [9.17, 15) is 8.42 Å². The van der Waals surface area contributed by atoms with E-state index in [1.54, 1.807) is 18.4 Å². The number of aliphatic imine (C=N–C) groups is 1. The first-order valence-corrected chi connectivity index (χ1v) is 11.9. The normalized spacial score (nSPS) is 13.3. The van der Waals surface area contributed by atoms with Gasteiger partial charge in [0.25, 0.3) is 0 Å². The number of sulfone groups is 1. The van der Waals surface area contributed by atoms with Gasteiger partial charge in [0.1, 0.15) is 0 Å². The van der Waals surface area contributed by atoms with Crippen LogP contribution in [0.5, 0.6) is 0 Å². The summed E-state index contributed by atoms with van der Waals surface area (Å²) < 4.78 is 24.4. The third-order valence-corrected chi connectivity index (χ3v) is 6.71. The Bertz CT molecular complexity index is 788. The topological polar surface area (TPSA) is 70.6 Å². The van der Waals surface area contributed by atoms with Crippen molar-refractivity contribution in [3.8, 4) is 0 Å². The number of rotatable bonds is 10. The fraction of sp³-hybridized carbons (Fsp3) is 0.450. The van der Waals surface area contributed by atoms with Gasteiger partial charge in [0, 0.05) is 25.0 Å². The maximum Gasteiger partial charge on any atom is 0.190 e. The van der Waals surface area contributed by atoms with Gasteiger partial charge in [-0.3, -0.25) is 4.99 Å². The Morgan fingerprint density at radius 1 is 1.15 bits per heavy atom. The van der Waals surface area contributed by atoms with E-state index in [1.165, 1.54) is 4.88 Å². The van der Waals surface area contributed by atoms with E-state index in [4.69, 9.17) is 0 Å². The van der Waals surface area contributed by atoms with Crippen LogP contribution in [0.25, 0.3) is 0 Å². The molecule has 0 amide bonds. The molecular weight excluding hydrogens is 378 g/mol. The Kier molecular flexibility index (Phi) is 8.81. The zero-order chi connectivity index (χ0) is 19.5. The van der Waals surface area contributed by atoms with Gasteiger partial charge in [0.15, 0.2) is 15.8 Å². The summed E-state index contributed by atoms with van der Waals surface area (Å²) in [4.78, 5) is 5.59. The summed E-state index contributed by atoms with van der Waals surface area (Å²) >= 11 is 1.78. The molecule has 0 saturated carbocycles. The first kappa shape index (κ1) is 21.4. The molecule has 0 fully saturated rings. The van der Waals surface area contributed by atoms with Gasteiger partial charge >= 0.3 is 0 Å². The molecule has 5 nitrogen and oxygen atoms in total. The van der Waals surface area contributed by atoms with E-state index in [-0.39, 0.29) is 11.5 Å². The number of hydrogen-bond donors (Lipinski definition) is 2. The van der Waals surface area contributed by atoms with Crippen molar-refractivity contribution in [3.05, 3.63) is 58.3 Å². The largest absolute Gasteiger partial charge is 0.356 e. The lowest BCUT2D eigenvalue weighted by atomic mass is 10.1. The monoisotopic (exact) mass is 407 g/mol. The molecule has 0 bridgehead atoms. The van der Waals surface area contributed by atoms with E-state index in [0.29, 0.717) is 24.8 Å². The molecule has 0 saturated heterocycles. The van der Waals surface area contributed by atoms with Crippen LogP contribution in [-0.4, -0.2) is 40.3 Å². The Hall–Kier alpha value is -1.86. The van der Waals surface area contributed by atoms with Gasteiger partial charge in [-0.25, -0.2) is 8.42 Å². The summed E-state index contributed by atoms with van der Waals surface area (Å²) in [5.41, 5.74) is 0.836. The molecule has 148 valence electrons. The van der Waals surface area contributed by atoms with Gasteiger partial charge < -0.3 is 10.6 Å². The molecule has 1 aromatic heterocycles. The van der Waals surface area contributed by atoms with Crippen molar-refractivity contribution in [2.75, 3.05) is 25.9 Å². The molecule has 2 rings (SSSR count). The van der Waals surface area contributed by atoms with Crippen LogP contribution in [0.3, 0.4) is 0 Å². The third-order valence-electron chi connectivity index (χ3n) is 4.13. The molecule has 2 aromatic rings. The Morgan fingerprint density at radius 3 is 2.59 bits per heavy atom. The number of nitrogens with one attached hydrogen (secondary N) is 2. The Balaban J connectivity index is 1.65. The van der Waals surface area contributed by atoms with Crippen LogP contribution in [-0.2, 0) is 22.0 Å². The van der Waals surface area contributed by atoms with Crippen LogP contribution in [0.1, 0.15) is 23.8 Å². The van der Waals surface area contributed by atoms with Crippen LogP contribution >= 0.6 is 11.3 Å². The maximum absolute atomic E-state index is 12.2. The molecular formula is C20H29N3O2S2. The summed E-state index contributed by atoms with van der Waals surface area (Å²) in [7, 11) is -1.37. The molecule has 0 aliphatic carbocycles. The number of hydrogen-bond acceptors (Lipinski definition) is 4. The van der Waals surface area contributed by atoms with E-state index in [0.717, 1.165) is 18.5 Å². The van der Waals surface area contributed by atoms with Crippen molar-refractivity contribution >= 4 is 27.1 Å². The zero-order valence-electron chi connectivity index (χ0n) is 16.0. The summed E-state index contributed by atoms with van der Waals surface area (Å²) in [5, 5.41) is 8.61. The average Bonchev–Trinajstić information content (AvgIpc) is 3.14. The van der Waals surface area contributed by atoms with Gasteiger partial charge in [-0.2, -0.15) is 0 Å². The molecule has 0 aliphatic rings. The van der Waals surface area contributed by atoms with Crippen molar-refractivity contribution in [1.29, 1.82) is 0 Å². The molecule has 1 heterocycles. The summed E-state index contributed by atoms with van der Waals surface area (Å²) in [6.07, 6.45) is 1.60. The number of benzene rings is 1. The van der Waals surface area contributed by atoms with Crippen LogP contribution in [0.15, 0.2) is 52.8 Å². The first-order chi connectivity index (χ1) is 13.0. The highest BCUT2D eigenvalue weighted by Gasteiger charge is 2.12. The quantitative estimate of drug-likeness (QED) is 0.361. The van der Waals surface area contributed by atoms with E-state index >= 15 is 0 Å². The molecule has 0 aliphatic heterocycles. The first-order valence-electron chi connectivity index (χ1n) is 9.20. The van der Waals surface area contributed by atoms with Gasteiger partial charge in [-0.1, -0.05) is 43.3 Å². The SMILES string of the molecule is CN=C(NCCCS(=O)(=O)Cc1ccccc1)NCC(C)Cc1cccs1. The molecule has 1 aromatic carbocycles. The molecule has 7 heteroatoms. The summed E-state index contributed by atoms with van der Waals surface area (Å²) in [6.45, 7) is 3.60. The number of guanidine groups is 1. The molecule has 27 heavy (non-hydrogen) atoms. The Morgan fingerprint density at radius 2 is 1.93 bits per heavy atom. The van der Waals surface area contributed by atoms with Gasteiger partial charge in [0.05, 0.1) is 11.5 Å². The van der Waals surface area contributed by atoms with Crippen molar-refractivity contribution in [2.45, 2.75) is 25.5 Å². The molecule has 2 N–H and O–H groups in total. The standard InChI is InChI=1S/C20H29N3O2S2/c1-17(14-19-10-6-12-26-19)15-23-20(21-2)22-11-7-13-27(24,25)16-18-8-4-3-5-9-18/h3-6,8-10,12,17H,7,11,13-16H2,1-2H3,(H2,21,22,23). The minimum Gasteiger partial charge on any atom is -0.356 e. The molecule has 1 unspecified atom stereocenters. The van der Waals surface area contributed by atoms with Gasteiger partial charge in [-0.05, 0) is 35.8 Å². The van der Waals surface area contributed by atoms with Crippen LogP contribution in [0.4, 0.5) is 0 Å². The minimum atomic E-state index is -3.09. The fourth-order valence-electron chi connectivity index (χ4n) is 2.74. The van der Waals surface area contributed by atoms with Gasteiger partial charge in [0.2, 0.25) is 0 Å². The van der Waals surface area contributed by atoms with E-state index in [1.807, 2.05) is 30.3 Å². The lowest BCUT2D eigenvalue weighted by molar-refractivity contribution is 0.561. The van der Waals surface area contributed by atoms with Crippen molar-refractivity contribution in [1.82, 2.24) is 10.6 Å². The van der Waals surface area contributed by atoms with Crippen LogP contribution in [0, 0.1) is 5.92 Å². The second-order valence-corrected chi connectivity index (χ2v) is 9.92. The Labute approximate surface area is 166 Å². The molecule has 0 spiro atoms. The predicted octanol–water partition coefficient (Wildman–Crippen LogP) is 3.10. The molecule has 0 radical (unpaired) electrons. The van der Waals surface area contributed by atoms with Gasteiger partial charge in [-0.15, -0.1) is 11.3 Å². The zero-order valence-corrected chi connectivity index (χ0v) is 17.7. The maximum atomic E-state index is 12.2. The van der Waals surface area contributed by atoms with E-state index < -0.39 is 9.84 Å². The van der Waals surface area contributed by atoms with Crippen LogP contribution in [0.2, 0.25) is 0 Å². The summed E-state index contributed by atoms with van der Waals surface area (Å²) in [6, 6.07) is 13.5. The highest BCUT2D eigenvalue weighted by molar-refractivity contribution is 7.90. The van der Waals surface area contributed by atoms with Crippen molar-refractivity contribution in [3.63, 3.8) is 0 Å². The predicted molar refractivity (Wildman–Crippen MR) is 115 cm³/mol. The third kappa shape index (κ3) is 8.58. The van der Waals surface area contributed by atoms with E-state index in [2.05, 4.69) is 40.1 Å². The fourth-order valence-corrected chi connectivity index (χ4v) is 5.03. The van der Waals surface area contributed by atoms with Crippen molar-refractivity contribution in [2.24, 2.45) is 10.9 Å². The molecule has 1 atom stereocenters. The number of nitrogens with zero attached hydrogens (tertiary/aromatic N) is 1. The highest BCUT2D eigenvalue weighted by Crippen LogP contribution is 2.13. The summed E-state index contributed by atoms with van der Waals surface area (Å²) in [5.74, 6) is 1.48. The lowest BCUT2D eigenvalue weighted by Crippen LogP contribution is -2.40. The van der Waals surface area contributed by atoms with Crippen molar-refractivity contribution < 1.29 is 8.42 Å². The number of thiophene rings is 1. The average molecular weight is 408 g/mol. The van der Waals surface area contributed by atoms with Crippen LogP contribution < -0.4 is 10.6 Å². The minimum absolute atomic E-state index is 0.0983. The highest BCUT2D eigenvalue weighted by atomic mass is 32.2. The second kappa shape index (κ2) is 11.1.